The minimum absolute atomic E-state index is 0.167. The lowest BCUT2D eigenvalue weighted by Gasteiger charge is -2.31. The first-order valence-corrected chi connectivity index (χ1v) is 10.2. The number of hydrogen-bond donors (Lipinski definition) is 0. The summed E-state index contributed by atoms with van der Waals surface area (Å²) in [4.78, 5) is 27.1. The molecule has 2 aromatic rings. The fraction of sp³-hybridized carbons (Fsp3) is 0.333. The van der Waals surface area contributed by atoms with E-state index in [1.807, 2.05) is 30.3 Å². The van der Waals surface area contributed by atoms with Crippen LogP contribution in [0.2, 0.25) is 0 Å². The maximum atomic E-state index is 13.3. The van der Waals surface area contributed by atoms with E-state index in [0.29, 0.717) is 30.7 Å². The van der Waals surface area contributed by atoms with Gasteiger partial charge >= 0.3 is 18.1 Å². The van der Waals surface area contributed by atoms with Crippen molar-refractivity contribution in [2.45, 2.75) is 26.1 Å². The Balaban J connectivity index is 2.07. The summed E-state index contributed by atoms with van der Waals surface area (Å²) >= 11 is 0. The van der Waals surface area contributed by atoms with Crippen LogP contribution in [0, 0.1) is 0 Å². The van der Waals surface area contributed by atoms with E-state index < -0.39 is 23.7 Å². The van der Waals surface area contributed by atoms with Gasteiger partial charge in [-0.3, -0.25) is 4.90 Å². The Morgan fingerprint density at radius 1 is 1.06 bits per heavy atom. The van der Waals surface area contributed by atoms with Gasteiger partial charge in [-0.25, -0.2) is 9.59 Å². The van der Waals surface area contributed by atoms with Gasteiger partial charge in [0.15, 0.2) is 0 Å². The van der Waals surface area contributed by atoms with Gasteiger partial charge in [0.05, 0.1) is 24.8 Å². The first kappa shape index (κ1) is 23.5. The molecule has 1 heterocycles. The topological polar surface area (TPSA) is 55.8 Å². The van der Waals surface area contributed by atoms with Gasteiger partial charge in [0.25, 0.3) is 0 Å². The summed E-state index contributed by atoms with van der Waals surface area (Å²) < 4.78 is 49.7. The Morgan fingerprint density at radius 3 is 2.41 bits per heavy atom. The summed E-state index contributed by atoms with van der Waals surface area (Å²) in [6.45, 7) is 3.29. The van der Waals surface area contributed by atoms with Crippen LogP contribution in [0.25, 0.3) is 5.57 Å². The average molecular weight is 447 g/mol. The van der Waals surface area contributed by atoms with Crippen LogP contribution in [0.3, 0.4) is 0 Å². The minimum atomic E-state index is -4.62. The molecule has 0 aromatic heterocycles. The molecular formula is C24H24F3NO4. The molecule has 170 valence electrons. The summed E-state index contributed by atoms with van der Waals surface area (Å²) in [6, 6.07) is 12.6. The van der Waals surface area contributed by atoms with Gasteiger partial charge in [-0.05, 0) is 42.2 Å². The minimum Gasteiger partial charge on any atom is -0.465 e. The molecule has 1 aliphatic heterocycles. The maximum Gasteiger partial charge on any atom is 0.416 e. The fourth-order valence-electron chi connectivity index (χ4n) is 3.75. The molecule has 8 heteroatoms. The Hall–Kier alpha value is -3.13. The summed E-state index contributed by atoms with van der Waals surface area (Å²) in [6.07, 6.45) is -4.27. The van der Waals surface area contributed by atoms with E-state index in [0.717, 1.165) is 24.8 Å². The maximum absolute atomic E-state index is 13.3. The average Bonchev–Trinajstić information content (AvgIpc) is 2.78. The van der Waals surface area contributed by atoms with E-state index in [1.54, 1.807) is 6.92 Å². The highest BCUT2D eigenvalue weighted by Gasteiger charge is 2.34. The van der Waals surface area contributed by atoms with Gasteiger partial charge in [0.2, 0.25) is 0 Å². The lowest BCUT2D eigenvalue weighted by atomic mass is 9.89. The largest absolute Gasteiger partial charge is 0.465 e. The van der Waals surface area contributed by atoms with Crippen molar-refractivity contribution < 1.29 is 32.2 Å². The normalized spacial score (nSPS) is 14.9. The molecule has 0 radical (unpaired) electrons. The zero-order valence-electron chi connectivity index (χ0n) is 17.9. The molecule has 0 saturated heterocycles. The van der Waals surface area contributed by atoms with E-state index in [2.05, 4.69) is 4.90 Å². The molecule has 0 fully saturated rings. The molecule has 3 rings (SSSR count). The molecule has 0 bridgehead atoms. The molecule has 0 N–H and O–H groups in total. The number of methoxy groups -OCH3 is 1. The molecule has 0 aliphatic carbocycles. The standard InChI is InChI=1S/C24H24F3NO4/c1-3-32-23(30)19-11-12-28(14-16-7-5-4-6-8-16)15-21(19)18-10-9-17(24(25,26)27)13-20(18)22(29)31-2/h4-10,13H,3,11-12,14-15H2,1-2H3. The second-order valence-corrected chi connectivity index (χ2v) is 7.37. The monoisotopic (exact) mass is 447 g/mol. The van der Waals surface area contributed by atoms with Crippen molar-refractivity contribution in [3.8, 4) is 0 Å². The van der Waals surface area contributed by atoms with Crippen molar-refractivity contribution in [2.75, 3.05) is 26.8 Å². The molecule has 0 amide bonds. The number of carbonyl (C=O) groups excluding carboxylic acids is 2. The summed E-state index contributed by atoms with van der Waals surface area (Å²) in [5.41, 5.74) is 0.941. The van der Waals surface area contributed by atoms with Crippen molar-refractivity contribution in [1.29, 1.82) is 0 Å². The fourth-order valence-corrected chi connectivity index (χ4v) is 3.75. The van der Waals surface area contributed by atoms with Crippen LogP contribution in [-0.4, -0.2) is 43.6 Å². The van der Waals surface area contributed by atoms with Crippen LogP contribution in [-0.2, 0) is 27.0 Å². The molecule has 32 heavy (non-hydrogen) atoms. The molecule has 0 atom stereocenters. The first-order valence-electron chi connectivity index (χ1n) is 10.2. The van der Waals surface area contributed by atoms with Gasteiger partial charge in [-0.2, -0.15) is 13.2 Å². The molecule has 1 aliphatic rings. The zero-order chi connectivity index (χ0) is 23.3. The van der Waals surface area contributed by atoms with Crippen LogP contribution >= 0.6 is 0 Å². The van der Waals surface area contributed by atoms with Gasteiger partial charge in [0.1, 0.15) is 0 Å². The van der Waals surface area contributed by atoms with Crippen LogP contribution in [0.1, 0.15) is 40.4 Å². The lowest BCUT2D eigenvalue weighted by Crippen LogP contribution is -2.33. The number of ether oxygens (including phenoxy) is 2. The molecule has 0 saturated carbocycles. The van der Waals surface area contributed by atoms with Crippen molar-refractivity contribution in [3.63, 3.8) is 0 Å². The zero-order valence-corrected chi connectivity index (χ0v) is 17.9. The Morgan fingerprint density at radius 2 is 1.78 bits per heavy atom. The number of hydrogen-bond acceptors (Lipinski definition) is 5. The molecule has 2 aromatic carbocycles. The van der Waals surface area contributed by atoms with Gasteiger partial charge in [-0.1, -0.05) is 36.4 Å². The Bertz CT molecular complexity index is 1020. The summed E-state index contributed by atoms with van der Waals surface area (Å²) in [5, 5.41) is 0. The van der Waals surface area contributed by atoms with Crippen LogP contribution in [0.4, 0.5) is 13.2 Å². The first-order chi connectivity index (χ1) is 15.2. The summed E-state index contributed by atoms with van der Waals surface area (Å²) in [5.74, 6) is -1.43. The third-order valence-electron chi connectivity index (χ3n) is 5.27. The van der Waals surface area contributed by atoms with Crippen molar-refractivity contribution >= 4 is 17.5 Å². The van der Waals surface area contributed by atoms with Crippen LogP contribution < -0.4 is 0 Å². The van der Waals surface area contributed by atoms with Crippen molar-refractivity contribution in [1.82, 2.24) is 4.90 Å². The third-order valence-corrected chi connectivity index (χ3v) is 5.27. The van der Waals surface area contributed by atoms with Crippen molar-refractivity contribution in [2.24, 2.45) is 0 Å². The van der Waals surface area contributed by atoms with E-state index in [9.17, 15) is 22.8 Å². The van der Waals surface area contributed by atoms with Gasteiger partial charge < -0.3 is 9.47 Å². The van der Waals surface area contributed by atoms with E-state index >= 15 is 0 Å². The highest BCUT2D eigenvalue weighted by atomic mass is 19.4. The molecule has 0 spiro atoms. The van der Waals surface area contributed by atoms with E-state index in [4.69, 9.17) is 9.47 Å². The van der Waals surface area contributed by atoms with Gasteiger partial charge in [0, 0.05) is 25.2 Å². The number of benzene rings is 2. The third kappa shape index (κ3) is 5.37. The highest BCUT2D eigenvalue weighted by Crippen LogP contribution is 2.35. The number of carbonyl (C=O) groups is 2. The second-order valence-electron chi connectivity index (χ2n) is 7.37. The van der Waals surface area contributed by atoms with Crippen molar-refractivity contribution in [3.05, 3.63) is 76.4 Å². The second kappa shape index (κ2) is 9.99. The predicted molar refractivity (Wildman–Crippen MR) is 113 cm³/mol. The lowest BCUT2D eigenvalue weighted by molar-refractivity contribution is -0.139. The molecular weight excluding hydrogens is 423 g/mol. The number of alkyl halides is 3. The molecule has 5 nitrogen and oxygen atoms in total. The number of esters is 2. The Kier molecular flexibility index (Phi) is 7.35. The quantitative estimate of drug-likeness (QED) is 0.600. The van der Waals surface area contributed by atoms with E-state index in [1.165, 1.54) is 6.07 Å². The highest BCUT2D eigenvalue weighted by molar-refractivity contribution is 6.03. The van der Waals surface area contributed by atoms with Crippen LogP contribution in [0.5, 0.6) is 0 Å². The smallest absolute Gasteiger partial charge is 0.416 e. The Labute approximate surface area is 184 Å². The molecule has 0 unspecified atom stereocenters. The van der Waals surface area contributed by atoms with E-state index in [-0.39, 0.29) is 24.3 Å². The van der Waals surface area contributed by atoms with Crippen LogP contribution in [0.15, 0.2) is 54.1 Å². The SMILES string of the molecule is CCOC(=O)C1=C(c2ccc(C(F)(F)F)cc2C(=O)OC)CN(Cc2ccccc2)CC1. The number of rotatable bonds is 6. The predicted octanol–water partition coefficient (Wildman–Crippen LogP) is 4.71. The number of nitrogens with zero attached hydrogens (tertiary/aromatic N) is 1. The summed E-state index contributed by atoms with van der Waals surface area (Å²) in [7, 11) is 1.11. The van der Waals surface area contributed by atoms with Gasteiger partial charge in [-0.15, -0.1) is 0 Å². The number of halogens is 3.